The molecule has 0 fully saturated rings. The monoisotopic (exact) mass is 314 g/mol. The van der Waals surface area contributed by atoms with Crippen molar-refractivity contribution in [2.24, 2.45) is 0 Å². The molecular weight excluding hydrogens is 306 g/mol. The van der Waals surface area contributed by atoms with Gasteiger partial charge in [-0.05, 0) is 30.3 Å². The van der Waals surface area contributed by atoms with E-state index in [2.05, 4.69) is 0 Å². The number of hydrogen-bond donors (Lipinski definition) is 1. The van der Waals surface area contributed by atoms with Crippen molar-refractivity contribution in [2.45, 2.75) is 6.61 Å². The maximum absolute atomic E-state index is 13.0. The molecule has 0 aliphatic carbocycles. The number of aromatic carboxylic acids is 1. The van der Waals surface area contributed by atoms with Crippen molar-refractivity contribution in [3.8, 4) is 5.75 Å². The van der Waals surface area contributed by atoms with Crippen molar-refractivity contribution in [3.05, 3.63) is 63.4 Å². The quantitative estimate of drug-likeness (QED) is 0.909. The fourth-order valence-electron chi connectivity index (χ4n) is 1.62. The van der Waals surface area contributed by atoms with E-state index in [1.807, 2.05) is 0 Å². The van der Waals surface area contributed by atoms with E-state index >= 15 is 0 Å². The molecule has 0 amide bonds. The van der Waals surface area contributed by atoms with Crippen LogP contribution in [0.5, 0.6) is 5.75 Å². The van der Waals surface area contributed by atoms with Crippen molar-refractivity contribution >= 4 is 29.2 Å². The van der Waals surface area contributed by atoms with Crippen LogP contribution in [0.25, 0.3) is 0 Å². The van der Waals surface area contributed by atoms with E-state index in [-0.39, 0.29) is 17.9 Å². The first-order valence-corrected chi connectivity index (χ1v) is 6.33. The summed E-state index contributed by atoms with van der Waals surface area (Å²) in [6.07, 6.45) is 0. The van der Waals surface area contributed by atoms with Gasteiger partial charge in [0, 0.05) is 15.6 Å². The first kappa shape index (κ1) is 14.6. The van der Waals surface area contributed by atoms with Gasteiger partial charge in [0.25, 0.3) is 0 Å². The molecule has 0 atom stereocenters. The van der Waals surface area contributed by atoms with Crippen LogP contribution in [0.3, 0.4) is 0 Å². The summed E-state index contributed by atoms with van der Waals surface area (Å²) in [6, 6.07) is 8.25. The van der Waals surface area contributed by atoms with E-state index in [1.165, 1.54) is 6.07 Å². The van der Waals surface area contributed by atoms with Crippen molar-refractivity contribution in [3.63, 3.8) is 0 Å². The number of hydrogen-bond acceptors (Lipinski definition) is 2. The van der Waals surface area contributed by atoms with Crippen LogP contribution in [0.1, 0.15) is 15.9 Å². The molecule has 2 aromatic carbocycles. The standard InChI is InChI=1S/C14H9Cl2FO3/c15-11-2-1-3-12(16)10(11)7-20-13-5-4-8(17)6-9(13)14(18)19/h1-6H,7H2,(H,18,19). The van der Waals surface area contributed by atoms with E-state index in [0.717, 1.165) is 12.1 Å². The van der Waals surface area contributed by atoms with E-state index in [1.54, 1.807) is 18.2 Å². The normalized spacial score (nSPS) is 10.3. The highest BCUT2D eigenvalue weighted by molar-refractivity contribution is 6.35. The molecule has 0 aliphatic rings. The third-order valence-electron chi connectivity index (χ3n) is 2.61. The van der Waals surface area contributed by atoms with E-state index in [0.29, 0.717) is 15.6 Å². The number of benzene rings is 2. The van der Waals surface area contributed by atoms with Crippen LogP contribution in [0, 0.1) is 5.82 Å². The van der Waals surface area contributed by atoms with Crippen molar-refractivity contribution < 1.29 is 19.0 Å². The average molecular weight is 315 g/mol. The SMILES string of the molecule is O=C(O)c1cc(F)ccc1OCc1c(Cl)cccc1Cl. The summed E-state index contributed by atoms with van der Waals surface area (Å²) in [5.41, 5.74) is 0.282. The molecule has 0 spiro atoms. The van der Waals surface area contributed by atoms with Crippen molar-refractivity contribution in [1.29, 1.82) is 0 Å². The molecule has 2 rings (SSSR count). The van der Waals surface area contributed by atoms with Crippen LogP contribution < -0.4 is 4.74 Å². The van der Waals surface area contributed by atoms with E-state index in [4.69, 9.17) is 33.0 Å². The third kappa shape index (κ3) is 3.21. The molecule has 0 bridgehead atoms. The lowest BCUT2D eigenvalue weighted by atomic mass is 10.2. The second-order valence-electron chi connectivity index (χ2n) is 3.93. The Bertz CT molecular complexity index is 639. The van der Waals surface area contributed by atoms with E-state index < -0.39 is 11.8 Å². The molecule has 0 heterocycles. The van der Waals surface area contributed by atoms with Gasteiger partial charge >= 0.3 is 5.97 Å². The highest BCUT2D eigenvalue weighted by atomic mass is 35.5. The number of carboxylic acids is 1. The number of carboxylic acid groups (broad SMARTS) is 1. The molecule has 0 radical (unpaired) electrons. The van der Waals surface area contributed by atoms with E-state index in [9.17, 15) is 9.18 Å². The summed E-state index contributed by atoms with van der Waals surface area (Å²) in [4.78, 5) is 11.0. The lowest BCUT2D eigenvalue weighted by molar-refractivity contribution is 0.0691. The molecule has 2 aromatic rings. The Balaban J connectivity index is 2.25. The molecule has 0 aromatic heterocycles. The second kappa shape index (κ2) is 6.11. The molecule has 20 heavy (non-hydrogen) atoms. The predicted molar refractivity (Wildman–Crippen MR) is 74.2 cm³/mol. The summed E-state index contributed by atoms with van der Waals surface area (Å²) < 4.78 is 18.4. The Morgan fingerprint density at radius 2 is 1.85 bits per heavy atom. The highest BCUT2D eigenvalue weighted by Crippen LogP contribution is 2.27. The molecule has 0 aliphatic heterocycles. The maximum Gasteiger partial charge on any atom is 0.339 e. The topological polar surface area (TPSA) is 46.5 Å². The zero-order chi connectivity index (χ0) is 14.7. The third-order valence-corrected chi connectivity index (χ3v) is 3.31. The zero-order valence-electron chi connectivity index (χ0n) is 10.1. The molecule has 0 unspecified atom stereocenters. The lowest BCUT2D eigenvalue weighted by Crippen LogP contribution is -2.04. The fourth-order valence-corrected chi connectivity index (χ4v) is 2.12. The smallest absolute Gasteiger partial charge is 0.339 e. The Morgan fingerprint density at radius 1 is 1.20 bits per heavy atom. The second-order valence-corrected chi connectivity index (χ2v) is 4.75. The van der Waals surface area contributed by atoms with Crippen LogP contribution >= 0.6 is 23.2 Å². The van der Waals surface area contributed by atoms with Crippen LogP contribution in [0.2, 0.25) is 10.0 Å². The summed E-state index contributed by atoms with van der Waals surface area (Å²) in [5.74, 6) is -1.87. The van der Waals surface area contributed by atoms with Gasteiger partial charge in [0.05, 0.1) is 0 Å². The molecule has 104 valence electrons. The molecule has 0 saturated heterocycles. The largest absolute Gasteiger partial charge is 0.488 e. The van der Waals surface area contributed by atoms with Crippen LogP contribution in [0.15, 0.2) is 36.4 Å². The maximum atomic E-state index is 13.0. The number of carbonyl (C=O) groups is 1. The van der Waals surface area contributed by atoms with Gasteiger partial charge in [-0.15, -0.1) is 0 Å². The first-order chi connectivity index (χ1) is 9.49. The van der Waals surface area contributed by atoms with Gasteiger partial charge in [-0.1, -0.05) is 29.3 Å². The summed E-state index contributed by atoms with van der Waals surface area (Å²) >= 11 is 12.0. The van der Waals surface area contributed by atoms with Gasteiger partial charge in [0.15, 0.2) is 0 Å². The fraction of sp³-hybridized carbons (Fsp3) is 0.0714. The number of ether oxygens (including phenoxy) is 1. The Kier molecular flexibility index (Phi) is 4.47. The lowest BCUT2D eigenvalue weighted by Gasteiger charge is -2.11. The summed E-state index contributed by atoms with van der Waals surface area (Å²) in [6.45, 7) is -0.00950. The minimum atomic E-state index is -1.27. The van der Waals surface area contributed by atoms with Crippen molar-refractivity contribution in [2.75, 3.05) is 0 Å². The Labute approximate surface area is 124 Å². The van der Waals surface area contributed by atoms with Crippen LogP contribution in [-0.4, -0.2) is 11.1 Å². The highest BCUT2D eigenvalue weighted by Gasteiger charge is 2.14. The molecule has 0 saturated carbocycles. The molecule has 6 heteroatoms. The summed E-state index contributed by atoms with van der Waals surface area (Å²) in [5, 5.41) is 9.82. The average Bonchev–Trinajstić information content (AvgIpc) is 2.39. The van der Waals surface area contributed by atoms with Gasteiger partial charge < -0.3 is 9.84 Å². The van der Waals surface area contributed by atoms with Gasteiger partial charge in [-0.2, -0.15) is 0 Å². The van der Waals surface area contributed by atoms with Gasteiger partial charge in [-0.3, -0.25) is 0 Å². The molecule has 1 N–H and O–H groups in total. The molecular formula is C14H9Cl2FO3. The zero-order valence-corrected chi connectivity index (χ0v) is 11.6. The van der Waals surface area contributed by atoms with Gasteiger partial charge in [-0.25, -0.2) is 9.18 Å². The van der Waals surface area contributed by atoms with Crippen molar-refractivity contribution in [1.82, 2.24) is 0 Å². The Morgan fingerprint density at radius 3 is 2.45 bits per heavy atom. The minimum Gasteiger partial charge on any atom is -0.488 e. The molecule has 3 nitrogen and oxygen atoms in total. The summed E-state index contributed by atoms with van der Waals surface area (Å²) in [7, 11) is 0. The van der Waals surface area contributed by atoms with Crippen LogP contribution in [-0.2, 0) is 6.61 Å². The van der Waals surface area contributed by atoms with Gasteiger partial charge in [0.2, 0.25) is 0 Å². The number of halogens is 3. The predicted octanol–water partition coefficient (Wildman–Crippen LogP) is 4.41. The van der Waals surface area contributed by atoms with Gasteiger partial charge in [0.1, 0.15) is 23.7 Å². The first-order valence-electron chi connectivity index (χ1n) is 5.57. The van der Waals surface area contributed by atoms with Crippen LogP contribution in [0.4, 0.5) is 4.39 Å². The minimum absolute atomic E-state index is 0.00950. The Hall–Kier alpha value is -1.78. The number of rotatable bonds is 4.